The van der Waals surface area contributed by atoms with E-state index in [9.17, 15) is 4.79 Å². The maximum atomic E-state index is 12.6. The molecular weight excluding hydrogens is 284 g/mol. The standard InChI is InChI=1S/C17H26N2O.ClH/c1-13(16(18)14-9-5-3-6-10-14)17(20)19(2)15-11-7-4-8-12-15;/h3,5-6,9-10,13,15-16H,4,7-8,11-12,18H2,1-2H3;1H. The van der Waals surface area contributed by atoms with E-state index < -0.39 is 0 Å². The van der Waals surface area contributed by atoms with Crippen LogP contribution in [0.2, 0.25) is 0 Å². The molecule has 0 heterocycles. The molecule has 1 amide bonds. The molecule has 118 valence electrons. The Labute approximate surface area is 134 Å². The molecule has 1 aromatic rings. The van der Waals surface area contributed by atoms with Crippen molar-refractivity contribution in [3.63, 3.8) is 0 Å². The Morgan fingerprint density at radius 2 is 1.76 bits per heavy atom. The highest BCUT2D eigenvalue weighted by Crippen LogP contribution is 2.26. The lowest BCUT2D eigenvalue weighted by molar-refractivity contribution is -0.137. The molecule has 0 radical (unpaired) electrons. The van der Waals surface area contributed by atoms with Gasteiger partial charge >= 0.3 is 0 Å². The second-order valence-electron chi connectivity index (χ2n) is 5.97. The van der Waals surface area contributed by atoms with Gasteiger partial charge in [0.15, 0.2) is 0 Å². The topological polar surface area (TPSA) is 46.3 Å². The number of hydrogen-bond acceptors (Lipinski definition) is 2. The van der Waals surface area contributed by atoms with Crippen LogP contribution < -0.4 is 5.73 Å². The van der Waals surface area contributed by atoms with Crippen LogP contribution in [0.15, 0.2) is 30.3 Å². The van der Waals surface area contributed by atoms with Crippen molar-refractivity contribution in [2.75, 3.05) is 7.05 Å². The Morgan fingerprint density at radius 1 is 1.19 bits per heavy atom. The Hall–Kier alpha value is -1.06. The van der Waals surface area contributed by atoms with Gasteiger partial charge in [0, 0.05) is 19.1 Å². The first kappa shape index (κ1) is 18.0. The molecule has 0 aromatic heterocycles. The second-order valence-corrected chi connectivity index (χ2v) is 5.97. The zero-order valence-corrected chi connectivity index (χ0v) is 13.8. The predicted octanol–water partition coefficient (Wildman–Crippen LogP) is 3.54. The van der Waals surface area contributed by atoms with E-state index in [0.717, 1.165) is 18.4 Å². The van der Waals surface area contributed by atoms with E-state index in [-0.39, 0.29) is 30.3 Å². The summed E-state index contributed by atoms with van der Waals surface area (Å²) >= 11 is 0. The highest BCUT2D eigenvalue weighted by Gasteiger charge is 2.29. The first-order chi connectivity index (χ1) is 9.61. The molecule has 1 aliphatic carbocycles. The van der Waals surface area contributed by atoms with E-state index in [0.29, 0.717) is 6.04 Å². The molecule has 2 N–H and O–H groups in total. The van der Waals surface area contributed by atoms with Crippen LogP contribution in [-0.2, 0) is 4.79 Å². The quantitative estimate of drug-likeness (QED) is 0.924. The van der Waals surface area contributed by atoms with E-state index in [2.05, 4.69) is 0 Å². The molecule has 0 saturated heterocycles. The number of amides is 1. The van der Waals surface area contributed by atoms with Crippen LogP contribution in [0.1, 0.15) is 50.6 Å². The summed E-state index contributed by atoms with van der Waals surface area (Å²) in [5.74, 6) is -0.00224. The van der Waals surface area contributed by atoms with Gasteiger partial charge in [-0.3, -0.25) is 4.79 Å². The molecule has 2 atom stereocenters. The fraction of sp³-hybridized carbons (Fsp3) is 0.588. The van der Waals surface area contributed by atoms with E-state index in [1.165, 1.54) is 19.3 Å². The number of rotatable bonds is 4. The van der Waals surface area contributed by atoms with Gasteiger partial charge in [-0.1, -0.05) is 56.5 Å². The number of nitrogens with two attached hydrogens (primary N) is 1. The van der Waals surface area contributed by atoms with E-state index in [1.807, 2.05) is 49.2 Å². The molecule has 1 aromatic carbocycles. The normalized spacial score (nSPS) is 18.4. The van der Waals surface area contributed by atoms with Gasteiger partial charge in [-0.05, 0) is 18.4 Å². The van der Waals surface area contributed by atoms with Gasteiger partial charge in [-0.25, -0.2) is 0 Å². The minimum absolute atomic E-state index is 0. The SMILES string of the molecule is CC(C(=O)N(C)C1CCCCC1)C(N)c1ccccc1.Cl. The highest BCUT2D eigenvalue weighted by atomic mass is 35.5. The highest BCUT2D eigenvalue weighted by molar-refractivity contribution is 5.85. The van der Waals surface area contributed by atoms with Gasteiger partial charge in [0.25, 0.3) is 0 Å². The Balaban J connectivity index is 0.00000220. The molecule has 1 fully saturated rings. The molecule has 0 bridgehead atoms. The zero-order valence-electron chi connectivity index (χ0n) is 13.0. The number of hydrogen-bond donors (Lipinski definition) is 1. The van der Waals surface area contributed by atoms with Crippen molar-refractivity contribution in [2.24, 2.45) is 11.7 Å². The Kier molecular flexibility index (Phi) is 7.20. The fourth-order valence-electron chi connectivity index (χ4n) is 3.09. The molecule has 21 heavy (non-hydrogen) atoms. The summed E-state index contributed by atoms with van der Waals surface area (Å²) in [5, 5.41) is 0. The minimum atomic E-state index is -0.227. The van der Waals surface area contributed by atoms with Crippen molar-refractivity contribution in [1.82, 2.24) is 4.90 Å². The number of nitrogens with zero attached hydrogens (tertiary/aromatic N) is 1. The van der Waals surface area contributed by atoms with Crippen molar-refractivity contribution >= 4 is 18.3 Å². The van der Waals surface area contributed by atoms with Crippen LogP contribution >= 0.6 is 12.4 Å². The largest absolute Gasteiger partial charge is 0.342 e. The van der Waals surface area contributed by atoms with Crippen LogP contribution in [0.25, 0.3) is 0 Å². The monoisotopic (exact) mass is 310 g/mol. The minimum Gasteiger partial charge on any atom is -0.342 e. The van der Waals surface area contributed by atoms with Gasteiger partial charge in [0.2, 0.25) is 5.91 Å². The lowest BCUT2D eigenvalue weighted by atomic mass is 9.91. The predicted molar refractivity (Wildman–Crippen MR) is 89.4 cm³/mol. The summed E-state index contributed by atoms with van der Waals surface area (Å²) in [5.41, 5.74) is 7.29. The van der Waals surface area contributed by atoms with Gasteiger partial charge in [-0.15, -0.1) is 12.4 Å². The molecule has 1 saturated carbocycles. The maximum Gasteiger partial charge on any atom is 0.227 e. The van der Waals surface area contributed by atoms with Gasteiger partial charge in [0.1, 0.15) is 0 Å². The maximum absolute atomic E-state index is 12.6. The summed E-state index contributed by atoms with van der Waals surface area (Å²) in [6, 6.07) is 10.1. The Bertz CT molecular complexity index is 432. The zero-order chi connectivity index (χ0) is 14.5. The van der Waals surface area contributed by atoms with Gasteiger partial charge < -0.3 is 10.6 Å². The summed E-state index contributed by atoms with van der Waals surface area (Å²) in [6.45, 7) is 1.94. The van der Waals surface area contributed by atoms with Crippen LogP contribution in [-0.4, -0.2) is 23.9 Å². The van der Waals surface area contributed by atoms with Crippen molar-refractivity contribution in [1.29, 1.82) is 0 Å². The molecule has 2 unspecified atom stereocenters. The smallest absolute Gasteiger partial charge is 0.227 e. The van der Waals surface area contributed by atoms with E-state index in [4.69, 9.17) is 5.73 Å². The number of halogens is 1. The molecular formula is C17H27ClN2O. The summed E-state index contributed by atoms with van der Waals surface area (Å²) in [4.78, 5) is 14.5. The second kappa shape index (κ2) is 8.40. The third kappa shape index (κ3) is 4.45. The lowest BCUT2D eigenvalue weighted by Gasteiger charge is -2.34. The van der Waals surface area contributed by atoms with Crippen molar-refractivity contribution in [3.05, 3.63) is 35.9 Å². The fourth-order valence-corrected chi connectivity index (χ4v) is 3.09. The van der Waals surface area contributed by atoms with Crippen molar-refractivity contribution in [2.45, 2.75) is 51.1 Å². The molecule has 0 aliphatic heterocycles. The first-order valence-corrected chi connectivity index (χ1v) is 7.68. The summed E-state index contributed by atoms with van der Waals surface area (Å²) in [7, 11) is 1.94. The summed E-state index contributed by atoms with van der Waals surface area (Å²) < 4.78 is 0. The number of benzene rings is 1. The molecule has 4 heteroatoms. The molecule has 0 spiro atoms. The van der Waals surface area contributed by atoms with Crippen LogP contribution in [0.4, 0.5) is 0 Å². The number of carbonyl (C=O) groups is 1. The number of carbonyl (C=O) groups excluding carboxylic acids is 1. The van der Waals surface area contributed by atoms with Crippen molar-refractivity contribution in [3.8, 4) is 0 Å². The third-order valence-corrected chi connectivity index (χ3v) is 4.58. The first-order valence-electron chi connectivity index (χ1n) is 7.68. The van der Waals surface area contributed by atoms with Crippen LogP contribution in [0, 0.1) is 5.92 Å². The van der Waals surface area contributed by atoms with Crippen LogP contribution in [0.3, 0.4) is 0 Å². The van der Waals surface area contributed by atoms with Crippen molar-refractivity contribution < 1.29 is 4.79 Å². The van der Waals surface area contributed by atoms with E-state index >= 15 is 0 Å². The Morgan fingerprint density at radius 3 is 2.33 bits per heavy atom. The van der Waals surface area contributed by atoms with Gasteiger partial charge in [0.05, 0.1) is 5.92 Å². The molecule has 2 rings (SSSR count). The molecule has 3 nitrogen and oxygen atoms in total. The van der Waals surface area contributed by atoms with Crippen LogP contribution in [0.5, 0.6) is 0 Å². The third-order valence-electron chi connectivity index (χ3n) is 4.58. The average molecular weight is 311 g/mol. The summed E-state index contributed by atoms with van der Waals surface area (Å²) in [6.07, 6.45) is 6.05. The average Bonchev–Trinajstić information content (AvgIpc) is 2.53. The molecule has 1 aliphatic rings. The van der Waals surface area contributed by atoms with E-state index in [1.54, 1.807) is 0 Å². The lowest BCUT2D eigenvalue weighted by Crippen LogP contribution is -2.43. The van der Waals surface area contributed by atoms with Gasteiger partial charge in [-0.2, -0.15) is 0 Å².